The van der Waals surface area contributed by atoms with Gasteiger partial charge in [0.25, 0.3) is 5.91 Å². The van der Waals surface area contributed by atoms with Crippen molar-refractivity contribution in [3.8, 4) is 0 Å². The van der Waals surface area contributed by atoms with E-state index in [0.29, 0.717) is 22.5 Å². The van der Waals surface area contributed by atoms with Gasteiger partial charge in [-0.3, -0.25) is 4.79 Å². The summed E-state index contributed by atoms with van der Waals surface area (Å²) in [6.07, 6.45) is 1.87. The minimum absolute atomic E-state index is 0.171. The summed E-state index contributed by atoms with van der Waals surface area (Å²) in [6, 6.07) is 0. The summed E-state index contributed by atoms with van der Waals surface area (Å²) in [5.74, 6) is 0.616. The number of ether oxygens (including phenoxy) is 1. The molecule has 1 amide bonds. The first-order valence-corrected chi connectivity index (χ1v) is 8.12. The van der Waals surface area contributed by atoms with Gasteiger partial charge in [-0.25, -0.2) is 4.98 Å². The lowest BCUT2D eigenvalue weighted by Gasteiger charge is -2.34. The first-order chi connectivity index (χ1) is 9.89. The van der Waals surface area contributed by atoms with Crippen molar-refractivity contribution in [3.05, 3.63) is 4.88 Å². The van der Waals surface area contributed by atoms with Crippen LogP contribution in [0.3, 0.4) is 0 Å². The van der Waals surface area contributed by atoms with Crippen molar-refractivity contribution in [2.45, 2.75) is 39.2 Å². The van der Waals surface area contributed by atoms with Crippen LogP contribution in [0.15, 0.2) is 0 Å². The van der Waals surface area contributed by atoms with Crippen LogP contribution in [-0.2, 0) is 4.74 Å². The van der Waals surface area contributed by atoms with Crippen LogP contribution in [0.1, 0.15) is 43.3 Å². The number of amides is 1. The number of nitrogens with zero attached hydrogens (tertiary/aromatic N) is 1. The van der Waals surface area contributed by atoms with Crippen molar-refractivity contribution < 1.29 is 9.53 Å². The molecule has 0 bridgehead atoms. The van der Waals surface area contributed by atoms with Gasteiger partial charge in [0.2, 0.25) is 0 Å². The zero-order chi connectivity index (χ0) is 15.5. The SMILES string of the molecule is CC(C)CNc1nc(N)c(C(=O)NC2(C)CCCOC2)s1. The number of nitrogens with one attached hydrogen (secondary N) is 2. The Kier molecular flexibility index (Phi) is 5.05. The Morgan fingerprint density at radius 1 is 1.57 bits per heavy atom. The molecular weight excluding hydrogens is 288 g/mol. The predicted molar refractivity (Wildman–Crippen MR) is 85.8 cm³/mol. The fourth-order valence-corrected chi connectivity index (χ4v) is 3.01. The lowest BCUT2D eigenvalue weighted by atomic mass is 9.95. The van der Waals surface area contributed by atoms with E-state index in [-0.39, 0.29) is 17.3 Å². The van der Waals surface area contributed by atoms with Crippen LogP contribution in [0, 0.1) is 5.92 Å². The average molecular weight is 312 g/mol. The molecule has 0 aliphatic carbocycles. The molecule has 0 aromatic carbocycles. The van der Waals surface area contributed by atoms with E-state index in [1.54, 1.807) is 0 Å². The van der Waals surface area contributed by atoms with Crippen molar-refractivity contribution in [1.82, 2.24) is 10.3 Å². The number of aromatic nitrogens is 1. The van der Waals surface area contributed by atoms with Crippen LogP contribution in [0.2, 0.25) is 0 Å². The monoisotopic (exact) mass is 312 g/mol. The van der Waals surface area contributed by atoms with E-state index in [1.165, 1.54) is 11.3 Å². The summed E-state index contributed by atoms with van der Waals surface area (Å²) < 4.78 is 5.45. The highest BCUT2D eigenvalue weighted by atomic mass is 32.1. The van der Waals surface area contributed by atoms with Gasteiger partial charge in [0, 0.05) is 13.2 Å². The van der Waals surface area contributed by atoms with E-state index >= 15 is 0 Å². The maximum absolute atomic E-state index is 12.4. The Morgan fingerprint density at radius 3 is 2.95 bits per heavy atom. The molecule has 6 nitrogen and oxygen atoms in total. The molecule has 0 radical (unpaired) electrons. The zero-order valence-corrected chi connectivity index (χ0v) is 13.7. The largest absolute Gasteiger partial charge is 0.382 e. The van der Waals surface area contributed by atoms with Gasteiger partial charge >= 0.3 is 0 Å². The number of thiazole rings is 1. The number of nitrogen functional groups attached to an aromatic ring is 1. The molecule has 2 heterocycles. The number of carbonyl (C=O) groups excluding carboxylic acids is 1. The van der Waals surface area contributed by atoms with E-state index in [0.717, 1.165) is 26.0 Å². The van der Waals surface area contributed by atoms with Crippen LogP contribution < -0.4 is 16.4 Å². The lowest BCUT2D eigenvalue weighted by Crippen LogP contribution is -2.51. The Bertz CT molecular complexity index is 495. The van der Waals surface area contributed by atoms with Crippen molar-refractivity contribution in [3.63, 3.8) is 0 Å². The van der Waals surface area contributed by atoms with Gasteiger partial charge in [-0.15, -0.1) is 0 Å². The highest BCUT2D eigenvalue weighted by Crippen LogP contribution is 2.27. The van der Waals surface area contributed by atoms with Gasteiger partial charge in [0.1, 0.15) is 10.7 Å². The molecule has 1 saturated heterocycles. The second kappa shape index (κ2) is 6.62. The highest BCUT2D eigenvalue weighted by molar-refractivity contribution is 7.18. The van der Waals surface area contributed by atoms with Crippen LogP contribution in [-0.4, -0.2) is 36.2 Å². The molecule has 7 heteroatoms. The van der Waals surface area contributed by atoms with E-state index in [2.05, 4.69) is 29.5 Å². The summed E-state index contributed by atoms with van der Waals surface area (Å²) in [7, 11) is 0. The van der Waals surface area contributed by atoms with E-state index in [9.17, 15) is 4.79 Å². The number of hydrogen-bond donors (Lipinski definition) is 3. The Balaban J connectivity index is 2.01. The standard InChI is InChI=1S/C14H24N4O2S/c1-9(2)7-16-13-17-11(15)10(21-13)12(19)18-14(3)5-4-6-20-8-14/h9H,4-8,15H2,1-3H3,(H,16,17)(H,18,19). The summed E-state index contributed by atoms with van der Waals surface area (Å²) in [5, 5.41) is 6.92. The van der Waals surface area contributed by atoms with E-state index in [1.807, 2.05) is 6.92 Å². The van der Waals surface area contributed by atoms with Gasteiger partial charge in [0.15, 0.2) is 5.13 Å². The molecule has 21 heavy (non-hydrogen) atoms. The van der Waals surface area contributed by atoms with Crippen LogP contribution in [0.5, 0.6) is 0 Å². The second-order valence-corrected chi connectivity index (χ2v) is 7.18. The molecule has 4 N–H and O–H groups in total. The zero-order valence-electron chi connectivity index (χ0n) is 12.9. The molecule has 1 aliphatic heterocycles. The molecule has 1 aliphatic rings. The van der Waals surface area contributed by atoms with Gasteiger partial charge in [0.05, 0.1) is 12.1 Å². The van der Waals surface area contributed by atoms with Gasteiger partial charge in [-0.2, -0.15) is 0 Å². The quantitative estimate of drug-likeness (QED) is 0.774. The van der Waals surface area contributed by atoms with Crippen molar-refractivity contribution >= 4 is 28.2 Å². The summed E-state index contributed by atoms with van der Waals surface area (Å²) in [4.78, 5) is 17.1. The highest BCUT2D eigenvalue weighted by Gasteiger charge is 2.31. The number of anilines is 2. The molecule has 1 aromatic rings. The predicted octanol–water partition coefficient (Wildman–Crippen LogP) is 2.09. The first-order valence-electron chi connectivity index (χ1n) is 7.30. The number of carbonyl (C=O) groups is 1. The van der Waals surface area contributed by atoms with Crippen molar-refractivity contribution in [2.24, 2.45) is 5.92 Å². The third kappa shape index (κ3) is 4.31. The fraction of sp³-hybridized carbons (Fsp3) is 0.714. The molecule has 0 saturated carbocycles. The third-order valence-corrected chi connectivity index (χ3v) is 4.40. The summed E-state index contributed by atoms with van der Waals surface area (Å²) >= 11 is 1.30. The fourth-order valence-electron chi connectivity index (χ4n) is 2.23. The maximum Gasteiger partial charge on any atom is 0.265 e. The minimum Gasteiger partial charge on any atom is -0.382 e. The smallest absolute Gasteiger partial charge is 0.265 e. The van der Waals surface area contributed by atoms with Crippen LogP contribution in [0.4, 0.5) is 10.9 Å². The second-order valence-electron chi connectivity index (χ2n) is 6.18. The maximum atomic E-state index is 12.4. The van der Waals surface area contributed by atoms with Gasteiger partial charge in [-0.05, 0) is 25.7 Å². The van der Waals surface area contributed by atoms with Gasteiger partial charge < -0.3 is 21.1 Å². The van der Waals surface area contributed by atoms with E-state index in [4.69, 9.17) is 10.5 Å². The Labute approximate surface area is 129 Å². The van der Waals surface area contributed by atoms with Crippen molar-refractivity contribution in [2.75, 3.05) is 30.8 Å². The molecule has 2 rings (SSSR count). The minimum atomic E-state index is -0.322. The molecule has 1 atom stereocenters. The van der Waals surface area contributed by atoms with E-state index < -0.39 is 0 Å². The molecule has 1 aromatic heterocycles. The molecule has 1 unspecified atom stereocenters. The van der Waals surface area contributed by atoms with Crippen LogP contribution >= 0.6 is 11.3 Å². The molecule has 0 spiro atoms. The third-order valence-electron chi connectivity index (χ3n) is 3.37. The number of nitrogens with two attached hydrogens (primary N) is 1. The normalized spacial score (nSPS) is 22.3. The van der Waals surface area contributed by atoms with Gasteiger partial charge in [-0.1, -0.05) is 25.2 Å². The number of hydrogen-bond acceptors (Lipinski definition) is 6. The Hall–Kier alpha value is -1.34. The van der Waals surface area contributed by atoms with Crippen LogP contribution in [0.25, 0.3) is 0 Å². The molecule has 1 fully saturated rings. The molecule has 118 valence electrons. The summed E-state index contributed by atoms with van der Waals surface area (Å²) in [6.45, 7) is 8.33. The lowest BCUT2D eigenvalue weighted by molar-refractivity contribution is 0.0274. The number of rotatable bonds is 5. The Morgan fingerprint density at radius 2 is 2.33 bits per heavy atom. The summed E-state index contributed by atoms with van der Waals surface area (Å²) in [5.41, 5.74) is 5.54. The topological polar surface area (TPSA) is 89.3 Å². The van der Waals surface area contributed by atoms with Crippen molar-refractivity contribution in [1.29, 1.82) is 0 Å². The first kappa shape index (κ1) is 16.0. The molecular formula is C14H24N4O2S. The average Bonchev–Trinajstić information content (AvgIpc) is 2.78.